The summed E-state index contributed by atoms with van der Waals surface area (Å²) in [4.78, 5) is 34.6. The van der Waals surface area contributed by atoms with Gasteiger partial charge in [-0.1, -0.05) is 6.07 Å². The normalized spacial score (nSPS) is 13.6. The molecule has 2 rings (SSSR count). The number of nitro benzene ring substituents is 1. The predicted octanol–water partition coefficient (Wildman–Crippen LogP) is 1.29. The second kappa shape index (κ2) is 5.78. The molecular formula is C13H14N2O6. The Morgan fingerprint density at radius 1 is 1.48 bits per heavy atom. The first-order valence-electron chi connectivity index (χ1n) is 6.31. The number of ether oxygens (including phenoxy) is 1. The van der Waals surface area contributed by atoms with Gasteiger partial charge in [-0.3, -0.25) is 14.9 Å². The summed E-state index contributed by atoms with van der Waals surface area (Å²) in [5.41, 5.74) is -0.817. The van der Waals surface area contributed by atoms with Crippen molar-refractivity contribution in [3.8, 4) is 5.75 Å². The fourth-order valence-electron chi connectivity index (χ4n) is 1.89. The van der Waals surface area contributed by atoms with Crippen LogP contribution in [0.1, 0.15) is 23.2 Å². The number of aromatic carboxylic acids is 1. The smallest absolute Gasteiger partial charge is 0.339 e. The van der Waals surface area contributed by atoms with Crippen LogP contribution >= 0.6 is 0 Å². The average molecular weight is 294 g/mol. The molecule has 0 heterocycles. The first-order chi connectivity index (χ1) is 9.91. The molecule has 21 heavy (non-hydrogen) atoms. The van der Waals surface area contributed by atoms with Crippen LogP contribution < -0.4 is 4.74 Å². The largest absolute Gasteiger partial charge is 0.478 e. The highest BCUT2D eigenvalue weighted by molar-refractivity contribution is 5.92. The highest BCUT2D eigenvalue weighted by atomic mass is 16.6. The summed E-state index contributed by atoms with van der Waals surface area (Å²) in [6.07, 6.45) is 1.85. The standard InChI is InChI=1S/C13H14N2O6/c1-14(8-5-6-8)11(16)7-21-12-9(13(17)18)3-2-4-10(12)15(19)20/h2-4,8H,5-7H2,1H3,(H,17,18). The molecule has 0 spiro atoms. The zero-order valence-corrected chi connectivity index (χ0v) is 11.3. The molecule has 0 bridgehead atoms. The number of likely N-dealkylation sites (N-methyl/N-ethyl adjacent to an activating group) is 1. The predicted molar refractivity (Wildman–Crippen MR) is 71.3 cm³/mol. The lowest BCUT2D eigenvalue weighted by Crippen LogP contribution is -2.33. The minimum absolute atomic E-state index is 0.186. The highest BCUT2D eigenvalue weighted by Crippen LogP contribution is 2.31. The third-order valence-electron chi connectivity index (χ3n) is 3.25. The number of carbonyl (C=O) groups is 2. The summed E-state index contributed by atoms with van der Waals surface area (Å²) in [6.45, 7) is -0.432. The van der Waals surface area contributed by atoms with E-state index >= 15 is 0 Å². The van der Waals surface area contributed by atoms with Crippen LogP contribution in [0.3, 0.4) is 0 Å². The fourth-order valence-corrected chi connectivity index (χ4v) is 1.89. The van der Waals surface area contributed by atoms with Gasteiger partial charge in [-0.05, 0) is 18.9 Å². The van der Waals surface area contributed by atoms with E-state index in [1.54, 1.807) is 7.05 Å². The van der Waals surface area contributed by atoms with Crippen LogP contribution in [0.5, 0.6) is 5.75 Å². The van der Waals surface area contributed by atoms with E-state index in [1.807, 2.05) is 0 Å². The van der Waals surface area contributed by atoms with E-state index in [2.05, 4.69) is 0 Å². The lowest BCUT2D eigenvalue weighted by atomic mass is 10.1. The number of carboxylic acid groups (broad SMARTS) is 1. The summed E-state index contributed by atoms with van der Waals surface area (Å²) < 4.78 is 5.14. The highest BCUT2D eigenvalue weighted by Gasteiger charge is 2.30. The molecule has 1 fully saturated rings. The van der Waals surface area contributed by atoms with Crippen LogP contribution in [0.15, 0.2) is 18.2 Å². The molecule has 8 heteroatoms. The molecule has 1 aromatic carbocycles. The quantitative estimate of drug-likeness (QED) is 0.625. The Morgan fingerprint density at radius 3 is 2.67 bits per heavy atom. The number of hydrogen-bond acceptors (Lipinski definition) is 5. The van der Waals surface area contributed by atoms with Crippen molar-refractivity contribution in [2.45, 2.75) is 18.9 Å². The molecule has 1 aliphatic rings. The van der Waals surface area contributed by atoms with Crippen LogP contribution in [-0.4, -0.2) is 46.5 Å². The van der Waals surface area contributed by atoms with Gasteiger partial charge in [-0.25, -0.2) is 4.79 Å². The van der Waals surface area contributed by atoms with E-state index in [-0.39, 0.29) is 17.5 Å². The number of rotatable bonds is 6. The number of benzene rings is 1. The van der Waals surface area contributed by atoms with Crippen LogP contribution in [0.4, 0.5) is 5.69 Å². The summed E-state index contributed by atoms with van der Waals surface area (Å²) >= 11 is 0. The van der Waals surface area contributed by atoms with E-state index in [1.165, 1.54) is 17.0 Å². The van der Waals surface area contributed by atoms with E-state index in [0.717, 1.165) is 18.9 Å². The number of carbonyl (C=O) groups excluding carboxylic acids is 1. The van der Waals surface area contributed by atoms with Crippen molar-refractivity contribution in [2.75, 3.05) is 13.7 Å². The number of carboxylic acids is 1. The summed E-state index contributed by atoms with van der Waals surface area (Å²) in [6, 6.07) is 3.77. The van der Waals surface area contributed by atoms with Gasteiger partial charge >= 0.3 is 11.7 Å². The van der Waals surface area contributed by atoms with Gasteiger partial charge in [0.05, 0.1) is 4.92 Å². The van der Waals surface area contributed by atoms with Gasteiger partial charge in [0.25, 0.3) is 5.91 Å². The third kappa shape index (κ3) is 3.28. The molecule has 112 valence electrons. The van der Waals surface area contributed by atoms with E-state index in [0.29, 0.717) is 0 Å². The molecule has 1 aliphatic carbocycles. The van der Waals surface area contributed by atoms with Crippen LogP contribution in [0.2, 0.25) is 0 Å². The summed E-state index contributed by atoms with van der Waals surface area (Å²) in [5, 5.41) is 20.0. The van der Waals surface area contributed by atoms with Crippen molar-refractivity contribution in [3.63, 3.8) is 0 Å². The lowest BCUT2D eigenvalue weighted by Gasteiger charge is -2.16. The molecule has 1 N–H and O–H groups in total. The van der Waals surface area contributed by atoms with Gasteiger partial charge in [0, 0.05) is 19.2 Å². The molecule has 0 aromatic heterocycles. The Morgan fingerprint density at radius 2 is 2.14 bits per heavy atom. The Labute approximate surface area is 120 Å². The summed E-state index contributed by atoms with van der Waals surface area (Å²) in [7, 11) is 1.63. The number of nitro groups is 1. The van der Waals surface area contributed by atoms with E-state index in [4.69, 9.17) is 9.84 Å². The molecule has 1 saturated carbocycles. The molecular weight excluding hydrogens is 280 g/mol. The SMILES string of the molecule is CN(C(=O)COc1c(C(=O)O)cccc1[N+](=O)[O-])C1CC1. The molecule has 0 radical (unpaired) electrons. The van der Waals surface area contributed by atoms with Gasteiger partial charge in [0.2, 0.25) is 5.75 Å². The Balaban J connectivity index is 2.19. The van der Waals surface area contributed by atoms with Gasteiger partial charge in [-0.2, -0.15) is 0 Å². The Bertz CT molecular complexity index is 564. The van der Waals surface area contributed by atoms with Crippen molar-refractivity contribution in [2.24, 2.45) is 0 Å². The zero-order chi connectivity index (χ0) is 15.6. The minimum Gasteiger partial charge on any atom is -0.478 e. The first-order valence-corrected chi connectivity index (χ1v) is 6.31. The van der Waals surface area contributed by atoms with Crippen LogP contribution in [-0.2, 0) is 4.79 Å². The second-order valence-corrected chi connectivity index (χ2v) is 4.74. The topological polar surface area (TPSA) is 110 Å². The van der Waals surface area contributed by atoms with E-state index in [9.17, 15) is 19.7 Å². The maximum absolute atomic E-state index is 11.8. The first kappa shape index (κ1) is 14.8. The number of hydrogen-bond donors (Lipinski definition) is 1. The van der Waals surface area contributed by atoms with Gasteiger partial charge < -0.3 is 14.7 Å². The molecule has 1 amide bonds. The monoisotopic (exact) mass is 294 g/mol. The average Bonchev–Trinajstić information content (AvgIpc) is 3.27. The number of para-hydroxylation sites is 1. The van der Waals surface area contributed by atoms with Crippen molar-refractivity contribution < 1.29 is 24.4 Å². The summed E-state index contributed by atoms with van der Waals surface area (Å²) in [5.74, 6) is -2.09. The minimum atomic E-state index is -1.35. The molecule has 1 aromatic rings. The Kier molecular flexibility index (Phi) is 4.06. The van der Waals surface area contributed by atoms with Crippen LogP contribution in [0.25, 0.3) is 0 Å². The van der Waals surface area contributed by atoms with Crippen molar-refractivity contribution in [1.29, 1.82) is 0 Å². The van der Waals surface area contributed by atoms with Gasteiger partial charge in [0.1, 0.15) is 5.56 Å². The lowest BCUT2D eigenvalue weighted by molar-refractivity contribution is -0.385. The molecule has 0 atom stereocenters. The number of nitrogens with zero attached hydrogens (tertiary/aromatic N) is 2. The molecule has 0 aliphatic heterocycles. The van der Waals surface area contributed by atoms with Crippen LogP contribution in [0, 0.1) is 10.1 Å². The molecule has 0 saturated heterocycles. The Hall–Kier alpha value is -2.64. The van der Waals surface area contributed by atoms with Crippen molar-refractivity contribution in [1.82, 2.24) is 4.90 Å². The van der Waals surface area contributed by atoms with E-state index < -0.39 is 28.9 Å². The third-order valence-corrected chi connectivity index (χ3v) is 3.25. The van der Waals surface area contributed by atoms with Gasteiger partial charge in [-0.15, -0.1) is 0 Å². The maximum Gasteiger partial charge on any atom is 0.339 e. The fraction of sp³-hybridized carbons (Fsp3) is 0.385. The molecule has 8 nitrogen and oxygen atoms in total. The molecule has 0 unspecified atom stereocenters. The second-order valence-electron chi connectivity index (χ2n) is 4.74. The zero-order valence-electron chi connectivity index (χ0n) is 11.3. The maximum atomic E-state index is 11.8. The van der Waals surface area contributed by atoms with Crippen molar-refractivity contribution in [3.05, 3.63) is 33.9 Å². The van der Waals surface area contributed by atoms with Gasteiger partial charge in [0.15, 0.2) is 6.61 Å². The number of amides is 1. The van der Waals surface area contributed by atoms with Crippen molar-refractivity contribution >= 4 is 17.6 Å².